The van der Waals surface area contributed by atoms with Gasteiger partial charge in [-0.2, -0.15) is 4.98 Å². The molecule has 0 fully saturated rings. The van der Waals surface area contributed by atoms with Crippen molar-refractivity contribution < 1.29 is 0 Å². The maximum Gasteiger partial charge on any atom is 0.349 e. The number of hydrogen-bond donors (Lipinski definition) is 2. The molecule has 0 aliphatic heterocycles. The molecular formula is C5H8N4O. The topological polar surface area (TPSA) is 70.7 Å². The molecule has 0 aromatic carbocycles. The Hall–Kier alpha value is -1.39. The van der Waals surface area contributed by atoms with Gasteiger partial charge in [0.2, 0.25) is 5.95 Å². The van der Waals surface area contributed by atoms with Crippen molar-refractivity contribution in [3.63, 3.8) is 0 Å². The third-order valence-corrected chi connectivity index (χ3v) is 0.931. The number of hydrogen-bond acceptors (Lipinski definition) is 4. The van der Waals surface area contributed by atoms with Crippen molar-refractivity contribution in [2.45, 2.75) is 6.92 Å². The van der Waals surface area contributed by atoms with Crippen LogP contribution in [-0.4, -0.2) is 21.5 Å². The van der Waals surface area contributed by atoms with Crippen LogP contribution in [0.3, 0.4) is 0 Å². The smallest absolute Gasteiger partial charge is 0.349 e. The van der Waals surface area contributed by atoms with Crippen molar-refractivity contribution in [2.24, 2.45) is 0 Å². The molecular weight excluding hydrogens is 132 g/mol. The van der Waals surface area contributed by atoms with Crippen LogP contribution in [0.15, 0.2) is 11.1 Å². The van der Waals surface area contributed by atoms with Crippen molar-refractivity contribution in [2.75, 3.05) is 11.9 Å². The van der Waals surface area contributed by atoms with E-state index < -0.39 is 0 Å². The van der Waals surface area contributed by atoms with Gasteiger partial charge in [0.15, 0.2) is 0 Å². The highest BCUT2D eigenvalue weighted by molar-refractivity contribution is 5.19. The predicted octanol–water partition coefficient (Wildman–Crippen LogP) is -0.403. The Balaban J connectivity index is 2.85. The number of rotatable bonds is 2. The summed E-state index contributed by atoms with van der Waals surface area (Å²) in [6.07, 6.45) is 1.22. The van der Waals surface area contributed by atoms with E-state index in [0.29, 0.717) is 5.95 Å². The second-order valence-electron chi connectivity index (χ2n) is 1.68. The molecule has 0 aliphatic carbocycles. The lowest BCUT2D eigenvalue weighted by atomic mass is 10.7. The highest BCUT2D eigenvalue weighted by atomic mass is 16.1. The lowest BCUT2D eigenvalue weighted by Crippen LogP contribution is -2.14. The lowest BCUT2D eigenvalue weighted by Gasteiger charge is -1.97. The second kappa shape index (κ2) is 2.95. The van der Waals surface area contributed by atoms with Crippen molar-refractivity contribution in [1.82, 2.24) is 15.0 Å². The van der Waals surface area contributed by atoms with E-state index in [1.54, 1.807) is 0 Å². The zero-order chi connectivity index (χ0) is 7.40. The molecule has 2 N–H and O–H groups in total. The fourth-order valence-electron chi connectivity index (χ4n) is 0.562. The van der Waals surface area contributed by atoms with E-state index in [2.05, 4.69) is 20.3 Å². The Kier molecular flexibility index (Phi) is 1.99. The molecule has 5 heteroatoms. The fraction of sp³-hybridized carbons (Fsp3) is 0.400. The Morgan fingerprint density at radius 3 is 3.10 bits per heavy atom. The largest absolute Gasteiger partial charge is 0.356 e. The summed E-state index contributed by atoms with van der Waals surface area (Å²) in [6, 6.07) is 0. The van der Waals surface area contributed by atoms with Crippen LogP contribution < -0.4 is 11.0 Å². The maximum atomic E-state index is 10.5. The molecule has 5 nitrogen and oxygen atoms in total. The first-order valence-corrected chi connectivity index (χ1v) is 2.98. The van der Waals surface area contributed by atoms with Gasteiger partial charge >= 0.3 is 5.69 Å². The van der Waals surface area contributed by atoms with Gasteiger partial charge in [-0.3, -0.25) is 4.98 Å². The van der Waals surface area contributed by atoms with E-state index in [9.17, 15) is 4.79 Å². The maximum absolute atomic E-state index is 10.5. The molecule has 1 aromatic heterocycles. The van der Waals surface area contributed by atoms with Crippen molar-refractivity contribution in [3.8, 4) is 0 Å². The monoisotopic (exact) mass is 140 g/mol. The van der Waals surface area contributed by atoms with E-state index in [4.69, 9.17) is 0 Å². The number of aromatic nitrogens is 3. The minimum Gasteiger partial charge on any atom is -0.356 e. The molecule has 0 unspecified atom stereocenters. The van der Waals surface area contributed by atoms with Crippen LogP contribution in [0.25, 0.3) is 0 Å². The number of nitrogens with zero attached hydrogens (tertiary/aromatic N) is 2. The summed E-state index contributed by atoms with van der Waals surface area (Å²) in [7, 11) is 0. The normalized spacial score (nSPS) is 9.30. The predicted molar refractivity (Wildman–Crippen MR) is 36.8 cm³/mol. The quantitative estimate of drug-likeness (QED) is 0.586. The minimum absolute atomic E-state index is 0.383. The first-order valence-electron chi connectivity index (χ1n) is 2.98. The number of nitrogens with one attached hydrogen (secondary N) is 2. The summed E-state index contributed by atoms with van der Waals surface area (Å²) in [5.41, 5.74) is -0.383. The van der Waals surface area contributed by atoms with Gasteiger partial charge in [0, 0.05) is 6.54 Å². The van der Waals surface area contributed by atoms with Gasteiger partial charge < -0.3 is 5.32 Å². The summed E-state index contributed by atoms with van der Waals surface area (Å²) in [6.45, 7) is 2.65. The van der Waals surface area contributed by atoms with Gasteiger partial charge in [0.05, 0.1) is 0 Å². The zero-order valence-electron chi connectivity index (χ0n) is 5.59. The molecule has 0 atom stereocenters. The van der Waals surface area contributed by atoms with Gasteiger partial charge in [-0.1, -0.05) is 0 Å². The lowest BCUT2D eigenvalue weighted by molar-refractivity contribution is 0.969. The highest BCUT2D eigenvalue weighted by Crippen LogP contribution is 1.85. The standard InChI is InChI=1S/C5H8N4O/c1-2-6-4-7-3-8-5(10)9-4/h3H,2H2,1H3,(H2,6,7,8,9,10). The highest BCUT2D eigenvalue weighted by Gasteiger charge is 1.89. The van der Waals surface area contributed by atoms with Crippen LogP contribution >= 0.6 is 0 Å². The number of aromatic amines is 1. The average molecular weight is 140 g/mol. The molecule has 1 rings (SSSR count). The molecule has 0 spiro atoms. The molecule has 0 amide bonds. The molecule has 0 radical (unpaired) electrons. The van der Waals surface area contributed by atoms with Crippen LogP contribution in [0.5, 0.6) is 0 Å². The molecule has 54 valence electrons. The second-order valence-corrected chi connectivity index (χ2v) is 1.68. The average Bonchev–Trinajstić information content (AvgIpc) is 1.88. The molecule has 0 aliphatic rings. The number of anilines is 1. The summed E-state index contributed by atoms with van der Waals surface area (Å²) >= 11 is 0. The number of H-pyrrole nitrogens is 1. The van der Waals surface area contributed by atoms with Crippen molar-refractivity contribution >= 4 is 5.95 Å². The first kappa shape index (κ1) is 6.73. The Morgan fingerprint density at radius 1 is 1.70 bits per heavy atom. The van der Waals surface area contributed by atoms with E-state index in [-0.39, 0.29) is 5.69 Å². The SMILES string of the molecule is CCNc1ncnc(=O)[nH]1. The van der Waals surface area contributed by atoms with E-state index >= 15 is 0 Å². The third-order valence-electron chi connectivity index (χ3n) is 0.931. The van der Waals surface area contributed by atoms with Crippen LogP contribution in [0, 0.1) is 0 Å². The Labute approximate surface area is 57.5 Å². The van der Waals surface area contributed by atoms with Crippen molar-refractivity contribution in [1.29, 1.82) is 0 Å². The van der Waals surface area contributed by atoms with Crippen LogP contribution in [-0.2, 0) is 0 Å². The molecule has 10 heavy (non-hydrogen) atoms. The summed E-state index contributed by atoms with van der Waals surface area (Å²) in [5.74, 6) is 0.461. The molecule has 0 saturated heterocycles. The molecule has 0 saturated carbocycles. The van der Waals surface area contributed by atoms with Crippen LogP contribution in [0.4, 0.5) is 5.95 Å². The van der Waals surface area contributed by atoms with Crippen molar-refractivity contribution in [3.05, 3.63) is 16.8 Å². The molecule has 1 aromatic rings. The minimum atomic E-state index is -0.383. The Morgan fingerprint density at radius 2 is 2.50 bits per heavy atom. The summed E-state index contributed by atoms with van der Waals surface area (Å²) in [5, 5.41) is 2.84. The van der Waals surface area contributed by atoms with Crippen LogP contribution in [0.1, 0.15) is 6.92 Å². The zero-order valence-corrected chi connectivity index (χ0v) is 5.59. The van der Waals surface area contributed by atoms with Gasteiger partial charge in [0.1, 0.15) is 6.33 Å². The van der Waals surface area contributed by atoms with E-state index in [0.717, 1.165) is 6.54 Å². The fourth-order valence-corrected chi connectivity index (χ4v) is 0.562. The van der Waals surface area contributed by atoms with E-state index in [1.807, 2.05) is 6.92 Å². The van der Waals surface area contributed by atoms with Gasteiger partial charge in [0.25, 0.3) is 0 Å². The van der Waals surface area contributed by atoms with Gasteiger partial charge in [-0.05, 0) is 6.92 Å². The summed E-state index contributed by atoms with van der Waals surface area (Å²) in [4.78, 5) is 20.0. The molecule has 0 bridgehead atoms. The van der Waals surface area contributed by atoms with E-state index in [1.165, 1.54) is 6.33 Å². The van der Waals surface area contributed by atoms with Gasteiger partial charge in [-0.15, -0.1) is 0 Å². The Bertz CT molecular complexity index is 256. The summed E-state index contributed by atoms with van der Waals surface area (Å²) < 4.78 is 0. The molecule has 1 heterocycles. The first-order chi connectivity index (χ1) is 4.83. The van der Waals surface area contributed by atoms with Gasteiger partial charge in [-0.25, -0.2) is 9.78 Å². The van der Waals surface area contributed by atoms with Crippen LogP contribution in [0.2, 0.25) is 0 Å². The third kappa shape index (κ3) is 1.54.